The van der Waals surface area contributed by atoms with Crippen LogP contribution < -0.4 is 15.4 Å². The molecule has 0 aliphatic carbocycles. The van der Waals surface area contributed by atoms with Gasteiger partial charge in [0.25, 0.3) is 5.91 Å². The van der Waals surface area contributed by atoms with Crippen LogP contribution in [0.3, 0.4) is 0 Å². The Bertz CT molecular complexity index is 838. The molecule has 0 spiro atoms. The van der Waals surface area contributed by atoms with Crippen molar-refractivity contribution < 1.29 is 14.6 Å². The summed E-state index contributed by atoms with van der Waals surface area (Å²) in [6.45, 7) is 1.79. The van der Waals surface area contributed by atoms with Gasteiger partial charge in [0.05, 0.1) is 18.7 Å². The Hall–Kier alpha value is -2.92. The number of hydrogen-bond donors (Lipinski definition) is 3. The summed E-state index contributed by atoms with van der Waals surface area (Å²) in [5.41, 5.74) is 2.19. The lowest BCUT2D eigenvalue weighted by molar-refractivity contribution is 0.0581. The maximum absolute atomic E-state index is 12.6. The van der Waals surface area contributed by atoms with Crippen LogP contribution in [0.2, 0.25) is 0 Å². The molecule has 2 aromatic carbocycles. The first-order chi connectivity index (χ1) is 14.1. The second-order valence-electron chi connectivity index (χ2n) is 7.05. The molecular weight excluding hydrogens is 368 g/mol. The molecule has 3 rings (SSSR count). The largest absolute Gasteiger partial charge is 0.497 e. The SMILES string of the molecule is COc1ccc(CNC(O)NC2CCN(C(=O)c3ccc(C#N)cc3)CC2)cc1. The lowest BCUT2D eigenvalue weighted by Crippen LogP contribution is -2.51. The van der Waals surface area contributed by atoms with Gasteiger partial charge in [0.15, 0.2) is 6.35 Å². The minimum absolute atomic E-state index is 0.0221. The number of benzene rings is 2. The van der Waals surface area contributed by atoms with Crippen molar-refractivity contribution >= 4 is 5.91 Å². The lowest BCUT2D eigenvalue weighted by Gasteiger charge is -2.33. The molecule has 7 heteroatoms. The molecule has 1 amide bonds. The van der Waals surface area contributed by atoms with E-state index in [4.69, 9.17) is 10.00 Å². The highest BCUT2D eigenvalue weighted by molar-refractivity contribution is 5.94. The van der Waals surface area contributed by atoms with Gasteiger partial charge in [0.1, 0.15) is 5.75 Å². The fraction of sp³-hybridized carbons (Fsp3) is 0.364. The van der Waals surface area contributed by atoms with Gasteiger partial charge in [0.2, 0.25) is 0 Å². The summed E-state index contributed by atoms with van der Waals surface area (Å²) in [6.07, 6.45) is 0.718. The van der Waals surface area contributed by atoms with Crippen LogP contribution in [-0.4, -0.2) is 48.5 Å². The van der Waals surface area contributed by atoms with Crippen molar-refractivity contribution in [3.63, 3.8) is 0 Å². The highest BCUT2D eigenvalue weighted by Crippen LogP contribution is 2.15. The first-order valence-corrected chi connectivity index (χ1v) is 9.69. The number of carbonyl (C=O) groups is 1. The van der Waals surface area contributed by atoms with Crippen molar-refractivity contribution in [3.05, 3.63) is 65.2 Å². The average Bonchev–Trinajstić information content (AvgIpc) is 2.78. The topological polar surface area (TPSA) is 97.6 Å². The Balaban J connectivity index is 1.41. The Morgan fingerprint density at radius 3 is 2.45 bits per heavy atom. The maximum atomic E-state index is 12.6. The summed E-state index contributed by atoms with van der Waals surface area (Å²) in [7, 11) is 1.63. The Morgan fingerprint density at radius 1 is 1.21 bits per heavy atom. The summed E-state index contributed by atoms with van der Waals surface area (Å²) >= 11 is 0. The van der Waals surface area contributed by atoms with Gasteiger partial charge in [-0.1, -0.05) is 12.1 Å². The van der Waals surface area contributed by atoms with E-state index < -0.39 is 6.35 Å². The van der Waals surface area contributed by atoms with Crippen molar-refractivity contribution in [2.75, 3.05) is 20.2 Å². The Kier molecular flexibility index (Phi) is 7.19. The number of aliphatic hydroxyl groups excluding tert-OH is 1. The summed E-state index contributed by atoms with van der Waals surface area (Å²) in [4.78, 5) is 14.4. The molecular formula is C22H26N4O3. The van der Waals surface area contributed by atoms with Gasteiger partial charge < -0.3 is 14.7 Å². The molecule has 0 bridgehead atoms. The number of methoxy groups -OCH3 is 1. The molecule has 29 heavy (non-hydrogen) atoms. The van der Waals surface area contributed by atoms with Crippen LogP contribution in [0.5, 0.6) is 5.75 Å². The van der Waals surface area contributed by atoms with E-state index in [0.29, 0.717) is 30.8 Å². The van der Waals surface area contributed by atoms with Crippen LogP contribution in [0.1, 0.15) is 34.3 Å². The molecule has 1 heterocycles. The zero-order chi connectivity index (χ0) is 20.6. The number of nitrogens with one attached hydrogen (secondary N) is 2. The molecule has 0 saturated carbocycles. The molecule has 1 unspecified atom stereocenters. The van der Waals surface area contributed by atoms with Gasteiger partial charge in [-0.2, -0.15) is 5.26 Å². The van der Waals surface area contributed by atoms with Crippen molar-refractivity contribution in [1.82, 2.24) is 15.5 Å². The quantitative estimate of drug-likeness (QED) is 0.620. The van der Waals surface area contributed by atoms with E-state index in [-0.39, 0.29) is 11.9 Å². The third kappa shape index (κ3) is 5.78. The van der Waals surface area contributed by atoms with Crippen molar-refractivity contribution in [3.8, 4) is 11.8 Å². The average molecular weight is 394 g/mol. The standard InChI is InChI=1S/C22H26N4O3/c1-29-20-8-4-17(5-9-20)15-24-22(28)25-19-10-12-26(13-11-19)21(27)18-6-2-16(14-23)3-7-18/h2-9,19,22,24-25,28H,10-13,15H2,1H3. The van der Waals surface area contributed by atoms with E-state index in [1.165, 1.54) is 0 Å². The third-order valence-electron chi connectivity index (χ3n) is 5.10. The van der Waals surface area contributed by atoms with Crippen molar-refractivity contribution in [1.29, 1.82) is 5.26 Å². The first-order valence-electron chi connectivity index (χ1n) is 9.69. The van der Waals surface area contributed by atoms with E-state index in [0.717, 1.165) is 24.2 Å². The number of ether oxygens (including phenoxy) is 1. The van der Waals surface area contributed by atoms with Gasteiger partial charge in [-0.05, 0) is 54.8 Å². The molecule has 152 valence electrons. The van der Waals surface area contributed by atoms with Gasteiger partial charge >= 0.3 is 0 Å². The third-order valence-corrected chi connectivity index (χ3v) is 5.10. The number of aliphatic hydroxyl groups is 1. The lowest BCUT2D eigenvalue weighted by atomic mass is 10.0. The van der Waals surface area contributed by atoms with Crippen molar-refractivity contribution in [2.24, 2.45) is 0 Å². The van der Waals surface area contributed by atoms with E-state index >= 15 is 0 Å². The molecule has 1 saturated heterocycles. The molecule has 1 aliphatic heterocycles. The molecule has 7 nitrogen and oxygen atoms in total. The maximum Gasteiger partial charge on any atom is 0.253 e. The van der Waals surface area contributed by atoms with E-state index in [2.05, 4.69) is 16.7 Å². The molecule has 0 radical (unpaired) electrons. The number of likely N-dealkylation sites (tertiary alicyclic amines) is 1. The number of hydrogen-bond acceptors (Lipinski definition) is 6. The number of carbonyl (C=O) groups excluding carboxylic acids is 1. The van der Waals surface area contributed by atoms with Crippen LogP contribution in [0.25, 0.3) is 0 Å². The minimum Gasteiger partial charge on any atom is -0.497 e. The number of amides is 1. The zero-order valence-corrected chi connectivity index (χ0v) is 16.5. The van der Waals surface area contributed by atoms with Crippen LogP contribution in [0.15, 0.2) is 48.5 Å². The first kappa shape index (κ1) is 20.8. The molecule has 0 aromatic heterocycles. The summed E-state index contributed by atoms with van der Waals surface area (Å²) in [6, 6.07) is 16.6. The van der Waals surface area contributed by atoms with Crippen LogP contribution in [0.4, 0.5) is 0 Å². The van der Waals surface area contributed by atoms with Crippen LogP contribution in [0, 0.1) is 11.3 Å². The normalized spacial score (nSPS) is 15.6. The summed E-state index contributed by atoms with van der Waals surface area (Å²) in [5, 5.41) is 25.3. The second-order valence-corrected chi connectivity index (χ2v) is 7.05. The zero-order valence-electron chi connectivity index (χ0n) is 16.5. The molecule has 1 aliphatic rings. The molecule has 1 fully saturated rings. The number of piperidine rings is 1. The summed E-state index contributed by atoms with van der Waals surface area (Å²) in [5.74, 6) is 0.779. The Morgan fingerprint density at radius 2 is 1.86 bits per heavy atom. The highest BCUT2D eigenvalue weighted by atomic mass is 16.5. The van der Waals surface area contributed by atoms with Gasteiger partial charge in [0, 0.05) is 31.2 Å². The second kappa shape index (κ2) is 10.0. The van der Waals surface area contributed by atoms with E-state index in [1.54, 1.807) is 31.4 Å². The predicted octanol–water partition coefficient (Wildman–Crippen LogP) is 1.83. The van der Waals surface area contributed by atoms with Gasteiger partial charge in [-0.3, -0.25) is 15.4 Å². The van der Waals surface area contributed by atoms with E-state index in [1.807, 2.05) is 29.2 Å². The van der Waals surface area contributed by atoms with Crippen LogP contribution >= 0.6 is 0 Å². The van der Waals surface area contributed by atoms with E-state index in [9.17, 15) is 9.90 Å². The highest BCUT2D eigenvalue weighted by Gasteiger charge is 2.24. The van der Waals surface area contributed by atoms with Crippen LogP contribution in [-0.2, 0) is 6.54 Å². The predicted molar refractivity (Wildman–Crippen MR) is 109 cm³/mol. The monoisotopic (exact) mass is 394 g/mol. The smallest absolute Gasteiger partial charge is 0.253 e. The number of nitriles is 1. The molecule has 2 aromatic rings. The molecule has 1 atom stereocenters. The van der Waals surface area contributed by atoms with Gasteiger partial charge in [-0.25, -0.2) is 0 Å². The fourth-order valence-electron chi connectivity index (χ4n) is 3.36. The van der Waals surface area contributed by atoms with Gasteiger partial charge in [-0.15, -0.1) is 0 Å². The van der Waals surface area contributed by atoms with Crippen molar-refractivity contribution in [2.45, 2.75) is 31.8 Å². The Labute approximate surface area is 170 Å². The number of nitrogens with zero attached hydrogens (tertiary/aromatic N) is 2. The summed E-state index contributed by atoms with van der Waals surface area (Å²) < 4.78 is 5.14. The number of rotatable bonds is 7. The molecule has 3 N–H and O–H groups in total. The minimum atomic E-state index is -0.817. The fourth-order valence-corrected chi connectivity index (χ4v) is 3.36.